The minimum absolute atomic E-state index is 0.473. The molecule has 0 fully saturated rings. The van der Waals surface area contributed by atoms with E-state index in [-0.39, 0.29) is 0 Å². The molecule has 0 bridgehead atoms. The van der Waals surface area contributed by atoms with E-state index in [2.05, 4.69) is 34.3 Å². The fraction of sp³-hybridized carbons (Fsp3) is 0.500. The molecule has 0 aliphatic carbocycles. The van der Waals surface area contributed by atoms with Gasteiger partial charge >= 0.3 is 0 Å². The Morgan fingerprint density at radius 1 is 1.44 bits per heavy atom. The highest BCUT2D eigenvalue weighted by molar-refractivity contribution is 7.07. The molecule has 0 spiro atoms. The summed E-state index contributed by atoms with van der Waals surface area (Å²) in [4.78, 5) is 4.11. The molecule has 2 aromatic rings. The lowest BCUT2D eigenvalue weighted by atomic mass is 10.3. The topological polar surface area (TPSA) is 63.8 Å². The van der Waals surface area contributed by atoms with E-state index in [1.807, 2.05) is 5.38 Å². The van der Waals surface area contributed by atoms with Crippen molar-refractivity contribution in [2.75, 3.05) is 6.54 Å². The van der Waals surface area contributed by atoms with Crippen LogP contribution >= 0.6 is 11.3 Å². The third-order valence-electron chi connectivity index (χ3n) is 2.01. The zero-order valence-electron chi connectivity index (χ0n) is 9.30. The predicted molar refractivity (Wildman–Crippen MR) is 62.2 cm³/mol. The first kappa shape index (κ1) is 11.2. The summed E-state index contributed by atoms with van der Waals surface area (Å²) < 4.78 is 5.49. The van der Waals surface area contributed by atoms with Gasteiger partial charge in [-0.25, -0.2) is 4.98 Å². The molecule has 1 N–H and O–H groups in total. The molecule has 0 aliphatic rings. The molecule has 0 aromatic carbocycles. The Morgan fingerprint density at radius 2 is 2.31 bits per heavy atom. The quantitative estimate of drug-likeness (QED) is 0.859. The van der Waals surface area contributed by atoms with E-state index in [0.717, 1.165) is 18.7 Å². The van der Waals surface area contributed by atoms with Gasteiger partial charge in [-0.1, -0.05) is 13.8 Å². The van der Waals surface area contributed by atoms with Crippen LogP contribution in [-0.2, 0) is 6.42 Å². The van der Waals surface area contributed by atoms with Gasteiger partial charge in [0.25, 0.3) is 5.89 Å². The Kier molecular flexibility index (Phi) is 3.63. The van der Waals surface area contributed by atoms with Crippen molar-refractivity contribution in [3.63, 3.8) is 0 Å². The van der Waals surface area contributed by atoms with Crippen LogP contribution in [0.2, 0.25) is 0 Å². The van der Waals surface area contributed by atoms with Crippen molar-refractivity contribution in [2.45, 2.75) is 26.3 Å². The first-order valence-corrected chi connectivity index (χ1v) is 6.14. The van der Waals surface area contributed by atoms with Crippen LogP contribution in [-0.4, -0.2) is 27.8 Å². The molecule has 86 valence electrons. The molecule has 0 amide bonds. The van der Waals surface area contributed by atoms with E-state index in [1.54, 1.807) is 5.51 Å². The first-order chi connectivity index (χ1) is 7.75. The van der Waals surface area contributed by atoms with E-state index in [0.29, 0.717) is 17.8 Å². The molecule has 0 saturated carbocycles. The number of hydrogen-bond acceptors (Lipinski definition) is 6. The average Bonchev–Trinajstić information content (AvgIpc) is 2.85. The van der Waals surface area contributed by atoms with E-state index >= 15 is 0 Å². The summed E-state index contributed by atoms with van der Waals surface area (Å²) in [6.07, 6.45) is 0.745. The Balaban J connectivity index is 1.93. The van der Waals surface area contributed by atoms with Crippen LogP contribution in [0.1, 0.15) is 19.7 Å². The van der Waals surface area contributed by atoms with Crippen LogP contribution < -0.4 is 5.32 Å². The first-order valence-electron chi connectivity index (χ1n) is 5.20. The molecule has 16 heavy (non-hydrogen) atoms. The van der Waals surface area contributed by atoms with Gasteiger partial charge in [0.1, 0.15) is 5.69 Å². The molecule has 0 atom stereocenters. The summed E-state index contributed by atoms with van der Waals surface area (Å²) in [7, 11) is 0. The van der Waals surface area contributed by atoms with Gasteiger partial charge in [-0.05, 0) is 0 Å². The minimum Gasteiger partial charge on any atom is -0.419 e. The Bertz CT molecular complexity index is 424. The van der Waals surface area contributed by atoms with Gasteiger partial charge in [0.2, 0.25) is 5.89 Å². The largest absolute Gasteiger partial charge is 0.419 e. The third kappa shape index (κ3) is 2.86. The maximum Gasteiger partial charge on any atom is 0.267 e. The second kappa shape index (κ2) is 5.18. The molecule has 0 radical (unpaired) electrons. The van der Waals surface area contributed by atoms with Gasteiger partial charge in [0, 0.05) is 24.4 Å². The molecule has 2 rings (SSSR count). The summed E-state index contributed by atoms with van der Waals surface area (Å²) >= 11 is 1.51. The summed E-state index contributed by atoms with van der Waals surface area (Å²) in [5.41, 5.74) is 2.50. The number of thiazole rings is 1. The van der Waals surface area contributed by atoms with Crippen molar-refractivity contribution in [3.05, 3.63) is 16.8 Å². The Labute approximate surface area is 97.9 Å². The lowest BCUT2D eigenvalue weighted by Gasteiger charge is -2.04. The highest BCUT2D eigenvalue weighted by atomic mass is 32.1. The second-order valence-electron chi connectivity index (χ2n) is 3.73. The summed E-state index contributed by atoms with van der Waals surface area (Å²) in [5, 5.41) is 13.1. The second-order valence-corrected chi connectivity index (χ2v) is 4.45. The van der Waals surface area contributed by atoms with Crippen molar-refractivity contribution >= 4 is 11.3 Å². The van der Waals surface area contributed by atoms with Gasteiger partial charge in [0.05, 0.1) is 5.51 Å². The number of hydrogen-bond donors (Lipinski definition) is 1. The molecule has 6 heteroatoms. The minimum atomic E-state index is 0.473. The molecule has 0 saturated heterocycles. The van der Waals surface area contributed by atoms with Crippen LogP contribution in [0, 0.1) is 0 Å². The van der Waals surface area contributed by atoms with Crippen LogP contribution in [0.15, 0.2) is 15.3 Å². The van der Waals surface area contributed by atoms with Gasteiger partial charge in [0.15, 0.2) is 0 Å². The van der Waals surface area contributed by atoms with Crippen molar-refractivity contribution in [1.29, 1.82) is 0 Å². The third-order valence-corrected chi connectivity index (χ3v) is 2.60. The average molecular weight is 238 g/mol. The SMILES string of the molecule is CC(C)NCCc1nnc(-c2cscn2)o1. The molecule has 0 aliphatic heterocycles. The number of aromatic nitrogens is 3. The highest BCUT2D eigenvalue weighted by Crippen LogP contribution is 2.17. The van der Waals surface area contributed by atoms with Crippen molar-refractivity contribution < 1.29 is 4.42 Å². The van der Waals surface area contributed by atoms with Crippen LogP contribution in [0.3, 0.4) is 0 Å². The zero-order chi connectivity index (χ0) is 11.4. The van der Waals surface area contributed by atoms with Gasteiger partial charge in [-0.15, -0.1) is 21.5 Å². The van der Waals surface area contributed by atoms with Crippen molar-refractivity contribution in [2.24, 2.45) is 0 Å². The van der Waals surface area contributed by atoms with E-state index < -0.39 is 0 Å². The highest BCUT2D eigenvalue weighted by Gasteiger charge is 2.09. The van der Waals surface area contributed by atoms with Crippen molar-refractivity contribution in [3.8, 4) is 11.6 Å². The summed E-state index contributed by atoms with van der Waals surface area (Å²) in [6, 6.07) is 0.473. The summed E-state index contributed by atoms with van der Waals surface area (Å²) in [5.74, 6) is 1.15. The van der Waals surface area contributed by atoms with Crippen LogP contribution in [0.4, 0.5) is 0 Å². The maximum absolute atomic E-state index is 5.49. The Morgan fingerprint density at radius 3 is 3.00 bits per heavy atom. The van der Waals surface area contributed by atoms with E-state index in [1.165, 1.54) is 11.3 Å². The van der Waals surface area contributed by atoms with E-state index in [9.17, 15) is 0 Å². The summed E-state index contributed by atoms with van der Waals surface area (Å²) in [6.45, 7) is 5.05. The lowest BCUT2D eigenvalue weighted by molar-refractivity contribution is 0.483. The normalized spacial score (nSPS) is 11.2. The van der Waals surface area contributed by atoms with Gasteiger partial charge < -0.3 is 9.73 Å². The number of rotatable bonds is 5. The molecule has 5 nitrogen and oxygen atoms in total. The maximum atomic E-state index is 5.49. The molecule has 0 unspecified atom stereocenters. The predicted octanol–water partition coefficient (Wildman–Crippen LogP) is 1.73. The smallest absolute Gasteiger partial charge is 0.267 e. The van der Waals surface area contributed by atoms with Crippen LogP contribution in [0.5, 0.6) is 0 Å². The number of nitrogens with one attached hydrogen (secondary N) is 1. The number of nitrogens with zero attached hydrogens (tertiary/aromatic N) is 3. The zero-order valence-corrected chi connectivity index (χ0v) is 10.1. The monoisotopic (exact) mass is 238 g/mol. The van der Waals surface area contributed by atoms with Gasteiger partial charge in [-0.2, -0.15) is 0 Å². The fourth-order valence-electron chi connectivity index (χ4n) is 1.24. The molecule has 2 aromatic heterocycles. The Hall–Kier alpha value is -1.27. The standard InChI is InChI=1S/C10H14N4OS/c1-7(2)11-4-3-9-13-14-10(15-9)8-5-16-6-12-8/h5-7,11H,3-4H2,1-2H3. The van der Waals surface area contributed by atoms with Gasteiger partial charge in [-0.3, -0.25) is 0 Å². The lowest BCUT2D eigenvalue weighted by Crippen LogP contribution is -2.25. The molecular formula is C10H14N4OS. The fourth-order valence-corrected chi connectivity index (χ4v) is 1.77. The van der Waals surface area contributed by atoms with Crippen LogP contribution in [0.25, 0.3) is 11.6 Å². The molecule has 2 heterocycles. The van der Waals surface area contributed by atoms with Crippen molar-refractivity contribution in [1.82, 2.24) is 20.5 Å². The molecular weight excluding hydrogens is 224 g/mol. The van der Waals surface area contributed by atoms with E-state index in [4.69, 9.17) is 4.42 Å².